The molecule has 3 heteroatoms. The first-order chi connectivity index (χ1) is 6.52. The van der Waals surface area contributed by atoms with E-state index in [1.807, 2.05) is 13.8 Å². The van der Waals surface area contributed by atoms with Crippen LogP contribution in [0.5, 0.6) is 0 Å². The van der Waals surface area contributed by atoms with Crippen molar-refractivity contribution in [2.45, 2.75) is 39.5 Å². The first-order valence-corrected chi connectivity index (χ1v) is 5.46. The Hall–Kier alpha value is -0.570. The smallest absolute Gasteiger partial charge is 0.309 e. The van der Waals surface area contributed by atoms with Gasteiger partial charge in [0.2, 0.25) is 0 Å². The maximum Gasteiger partial charge on any atom is 0.309 e. The molecule has 1 atom stereocenters. The zero-order valence-corrected chi connectivity index (χ0v) is 9.18. The Morgan fingerprint density at radius 1 is 1.50 bits per heavy atom. The van der Waals surface area contributed by atoms with Crippen LogP contribution < -0.4 is 5.32 Å². The van der Waals surface area contributed by atoms with E-state index in [4.69, 9.17) is 5.11 Å². The summed E-state index contributed by atoms with van der Waals surface area (Å²) in [5.41, 5.74) is -0.573. The van der Waals surface area contributed by atoms with Gasteiger partial charge in [-0.25, -0.2) is 0 Å². The molecular weight excluding hydrogens is 178 g/mol. The molecule has 82 valence electrons. The van der Waals surface area contributed by atoms with Crippen LogP contribution in [0, 0.1) is 11.3 Å². The van der Waals surface area contributed by atoms with Crippen molar-refractivity contribution in [3.05, 3.63) is 0 Å². The predicted octanol–water partition coefficient (Wildman–Crippen LogP) is 1.88. The predicted molar refractivity (Wildman–Crippen MR) is 56.2 cm³/mol. The monoisotopic (exact) mass is 199 g/mol. The van der Waals surface area contributed by atoms with Gasteiger partial charge in [0.1, 0.15) is 0 Å². The van der Waals surface area contributed by atoms with Crippen LogP contribution in [-0.2, 0) is 4.79 Å². The highest BCUT2D eigenvalue weighted by Crippen LogP contribution is 2.28. The highest BCUT2D eigenvalue weighted by atomic mass is 16.4. The molecule has 0 aliphatic carbocycles. The van der Waals surface area contributed by atoms with E-state index >= 15 is 0 Å². The van der Waals surface area contributed by atoms with E-state index in [-0.39, 0.29) is 0 Å². The Bertz CT molecular complexity index is 193. The molecule has 0 saturated carbocycles. The molecule has 0 spiro atoms. The summed E-state index contributed by atoms with van der Waals surface area (Å²) in [5.74, 6) is -0.148. The largest absolute Gasteiger partial charge is 0.481 e. The van der Waals surface area contributed by atoms with Crippen LogP contribution in [0.15, 0.2) is 0 Å². The van der Waals surface area contributed by atoms with Crippen LogP contribution in [0.4, 0.5) is 0 Å². The van der Waals surface area contributed by atoms with E-state index in [0.29, 0.717) is 5.92 Å². The molecule has 1 saturated heterocycles. The molecule has 0 radical (unpaired) electrons. The summed E-state index contributed by atoms with van der Waals surface area (Å²) in [6.07, 6.45) is 4.41. The van der Waals surface area contributed by atoms with Crippen molar-refractivity contribution >= 4 is 5.97 Å². The van der Waals surface area contributed by atoms with E-state index in [1.165, 1.54) is 19.3 Å². The fourth-order valence-electron chi connectivity index (χ4n) is 2.07. The molecule has 0 aromatic heterocycles. The number of aliphatic carboxylic acids is 1. The minimum atomic E-state index is -0.679. The molecule has 14 heavy (non-hydrogen) atoms. The van der Waals surface area contributed by atoms with Gasteiger partial charge < -0.3 is 10.4 Å². The lowest BCUT2D eigenvalue weighted by Gasteiger charge is -2.24. The van der Waals surface area contributed by atoms with E-state index in [1.54, 1.807) is 0 Å². The number of hydrogen-bond acceptors (Lipinski definition) is 2. The number of carbonyl (C=O) groups is 1. The third-order valence-corrected chi connectivity index (χ3v) is 3.03. The second-order valence-electron chi connectivity index (χ2n) is 4.96. The molecule has 1 aliphatic rings. The maximum absolute atomic E-state index is 11.0. The summed E-state index contributed by atoms with van der Waals surface area (Å²) in [6, 6.07) is 0. The molecule has 0 aromatic rings. The number of nitrogens with one attached hydrogen (secondary N) is 1. The summed E-state index contributed by atoms with van der Waals surface area (Å²) in [6.45, 7) is 5.71. The summed E-state index contributed by atoms with van der Waals surface area (Å²) in [5, 5.41) is 12.4. The van der Waals surface area contributed by atoms with Gasteiger partial charge in [-0.05, 0) is 52.1 Å². The van der Waals surface area contributed by atoms with Gasteiger partial charge in [0.25, 0.3) is 0 Å². The normalized spacial score (nSPS) is 24.3. The quantitative estimate of drug-likeness (QED) is 0.729. The fraction of sp³-hybridized carbons (Fsp3) is 0.909. The van der Waals surface area contributed by atoms with Crippen LogP contribution in [0.2, 0.25) is 0 Å². The molecular formula is C11H21NO2. The van der Waals surface area contributed by atoms with Gasteiger partial charge in [0, 0.05) is 0 Å². The van der Waals surface area contributed by atoms with Crippen LogP contribution in [0.25, 0.3) is 0 Å². The topological polar surface area (TPSA) is 49.3 Å². The standard InChI is InChI=1S/C11H21NO2/c1-11(2,10(13)14)7-9-5-3-4-6-12-8-9/h9,12H,3-8H2,1-2H3,(H,13,14). The lowest BCUT2D eigenvalue weighted by Crippen LogP contribution is -2.30. The average Bonchev–Trinajstić information content (AvgIpc) is 2.32. The minimum absolute atomic E-state index is 0.531. The molecule has 1 heterocycles. The Morgan fingerprint density at radius 3 is 2.86 bits per heavy atom. The van der Waals surface area contributed by atoms with Gasteiger partial charge in [-0.2, -0.15) is 0 Å². The van der Waals surface area contributed by atoms with Gasteiger partial charge in [-0.3, -0.25) is 4.79 Å². The third-order valence-electron chi connectivity index (χ3n) is 3.03. The van der Waals surface area contributed by atoms with Crippen LogP contribution in [-0.4, -0.2) is 24.2 Å². The number of carboxylic acids is 1. The lowest BCUT2D eigenvalue weighted by molar-refractivity contribution is -0.147. The molecule has 0 bridgehead atoms. The van der Waals surface area contributed by atoms with Crippen molar-refractivity contribution in [2.24, 2.45) is 11.3 Å². The fourth-order valence-corrected chi connectivity index (χ4v) is 2.07. The number of carboxylic acid groups (broad SMARTS) is 1. The Kier molecular flexibility index (Phi) is 3.93. The molecule has 2 N–H and O–H groups in total. The van der Waals surface area contributed by atoms with E-state index in [0.717, 1.165) is 19.5 Å². The van der Waals surface area contributed by atoms with Gasteiger partial charge in [-0.15, -0.1) is 0 Å². The average molecular weight is 199 g/mol. The third kappa shape index (κ3) is 3.29. The Balaban J connectivity index is 2.45. The van der Waals surface area contributed by atoms with Crippen molar-refractivity contribution in [1.29, 1.82) is 0 Å². The molecule has 0 aromatic carbocycles. The van der Waals surface area contributed by atoms with E-state index in [2.05, 4.69) is 5.32 Å². The second-order valence-corrected chi connectivity index (χ2v) is 4.96. The highest BCUT2D eigenvalue weighted by molar-refractivity contribution is 5.73. The zero-order chi connectivity index (χ0) is 10.6. The van der Waals surface area contributed by atoms with E-state index < -0.39 is 11.4 Å². The van der Waals surface area contributed by atoms with Crippen molar-refractivity contribution in [1.82, 2.24) is 5.32 Å². The highest BCUT2D eigenvalue weighted by Gasteiger charge is 2.30. The number of hydrogen-bond donors (Lipinski definition) is 2. The lowest BCUT2D eigenvalue weighted by atomic mass is 9.81. The maximum atomic E-state index is 11.0. The van der Waals surface area contributed by atoms with Crippen LogP contribution >= 0.6 is 0 Å². The van der Waals surface area contributed by atoms with Crippen molar-refractivity contribution in [3.63, 3.8) is 0 Å². The van der Waals surface area contributed by atoms with Crippen LogP contribution in [0.1, 0.15) is 39.5 Å². The summed E-state index contributed by atoms with van der Waals surface area (Å²) < 4.78 is 0. The molecule has 1 unspecified atom stereocenters. The SMILES string of the molecule is CC(C)(CC1CCCCNC1)C(=O)O. The summed E-state index contributed by atoms with van der Waals surface area (Å²) in [4.78, 5) is 11.0. The molecule has 0 amide bonds. The van der Waals surface area contributed by atoms with Crippen molar-refractivity contribution in [2.75, 3.05) is 13.1 Å². The summed E-state index contributed by atoms with van der Waals surface area (Å²) in [7, 11) is 0. The van der Waals surface area contributed by atoms with Gasteiger partial charge in [0.05, 0.1) is 5.41 Å². The van der Waals surface area contributed by atoms with Crippen molar-refractivity contribution in [3.8, 4) is 0 Å². The first-order valence-electron chi connectivity index (χ1n) is 5.46. The van der Waals surface area contributed by atoms with Gasteiger partial charge in [0.15, 0.2) is 0 Å². The molecule has 1 fully saturated rings. The Labute approximate surface area is 85.9 Å². The molecule has 1 aliphatic heterocycles. The van der Waals surface area contributed by atoms with Gasteiger partial charge in [-0.1, -0.05) is 6.42 Å². The zero-order valence-electron chi connectivity index (χ0n) is 9.18. The first kappa shape index (κ1) is 11.5. The van der Waals surface area contributed by atoms with Gasteiger partial charge >= 0.3 is 5.97 Å². The Morgan fingerprint density at radius 2 is 2.21 bits per heavy atom. The molecule has 3 nitrogen and oxygen atoms in total. The van der Waals surface area contributed by atoms with Crippen molar-refractivity contribution < 1.29 is 9.90 Å². The van der Waals surface area contributed by atoms with Crippen LogP contribution in [0.3, 0.4) is 0 Å². The minimum Gasteiger partial charge on any atom is -0.481 e. The summed E-state index contributed by atoms with van der Waals surface area (Å²) >= 11 is 0. The van der Waals surface area contributed by atoms with E-state index in [9.17, 15) is 4.79 Å². The number of rotatable bonds is 3. The molecule has 1 rings (SSSR count). The second kappa shape index (κ2) is 4.78.